The van der Waals surface area contributed by atoms with E-state index < -0.39 is 17.6 Å². The van der Waals surface area contributed by atoms with Gasteiger partial charge in [0, 0.05) is 16.3 Å². The zero-order valence-corrected chi connectivity index (χ0v) is 11.7. The van der Waals surface area contributed by atoms with Gasteiger partial charge in [-0.15, -0.1) is 0 Å². The normalized spacial score (nSPS) is 10.9. The van der Waals surface area contributed by atoms with Crippen LogP contribution in [-0.4, -0.2) is 16.1 Å². The van der Waals surface area contributed by atoms with Crippen LogP contribution in [0.15, 0.2) is 42.6 Å². The smallest absolute Gasteiger partial charge is 0.335 e. The summed E-state index contributed by atoms with van der Waals surface area (Å²) < 4.78 is 27.0. The van der Waals surface area contributed by atoms with Crippen LogP contribution in [-0.2, 0) is 0 Å². The van der Waals surface area contributed by atoms with Crippen LogP contribution in [0.5, 0.6) is 0 Å². The molecule has 0 radical (unpaired) electrons. The third-order valence-corrected chi connectivity index (χ3v) is 3.58. The molecule has 0 saturated heterocycles. The van der Waals surface area contributed by atoms with E-state index in [0.717, 1.165) is 12.3 Å². The van der Waals surface area contributed by atoms with E-state index in [2.05, 4.69) is 4.98 Å². The van der Waals surface area contributed by atoms with Crippen molar-refractivity contribution in [1.82, 2.24) is 4.98 Å². The highest BCUT2D eigenvalue weighted by Gasteiger charge is 2.14. The number of fused-ring (bicyclic) bond motifs is 1. The Kier molecular flexibility index (Phi) is 3.50. The van der Waals surface area contributed by atoms with Gasteiger partial charge in [-0.3, -0.25) is 4.98 Å². The molecule has 0 amide bonds. The average Bonchev–Trinajstić information content (AvgIpc) is 2.48. The highest BCUT2D eigenvalue weighted by atomic mass is 35.5. The zero-order valence-electron chi connectivity index (χ0n) is 11.0. The van der Waals surface area contributed by atoms with Crippen molar-refractivity contribution < 1.29 is 18.7 Å². The number of carboxylic acids is 1. The van der Waals surface area contributed by atoms with Gasteiger partial charge >= 0.3 is 5.97 Å². The minimum Gasteiger partial charge on any atom is -0.478 e. The second kappa shape index (κ2) is 5.35. The number of halogens is 3. The molecule has 1 heterocycles. The molecule has 1 aromatic heterocycles. The van der Waals surface area contributed by atoms with Crippen LogP contribution >= 0.6 is 11.6 Å². The second-order valence-corrected chi connectivity index (χ2v) is 5.05. The van der Waals surface area contributed by atoms with Gasteiger partial charge in [-0.1, -0.05) is 17.7 Å². The van der Waals surface area contributed by atoms with Crippen LogP contribution in [0.4, 0.5) is 8.78 Å². The Morgan fingerprint density at radius 3 is 2.55 bits per heavy atom. The number of carboxylic acid groups (broad SMARTS) is 1. The molecule has 3 aromatic rings. The Balaban J connectivity index is 2.35. The Morgan fingerprint density at radius 1 is 1.09 bits per heavy atom. The monoisotopic (exact) mass is 319 g/mol. The number of benzene rings is 2. The van der Waals surface area contributed by atoms with Gasteiger partial charge in [-0.2, -0.15) is 0 Å². The van der Waals surface area contributed by atoms with E-state index >= 15 is 0 Å². The van der Waals surface area contributed by atoms with Crippen molar-refractivity contribution in [3.8, 4) is 11.3 Å². The van der Waals surface area contributed by atoms with E-state index in [0.29, 0.717) is 16.6 Å². The Bertz CT molecular complexity index is 912. The predicted molar refractivity (Wildman–Crippen MR) is 79.1 cm³/mol. The van der Waals surface area contributed by atoms with Gasteiger partial charge in [0.1, 0.15) is 11.6 Å². The summed E-state index contributed by atoms with van der Waals surface area (Å²) in [4.78, 5) is 15.1. The standard InChI is InChI=1S/C16H8ClF2NO2/c17-13-6-9(18)2-4-11(13)15-12-5-8(16(21)22)1-3-10(12)14(19)7-20-15/h1-7H,(H,21,22). The highest BCUT2D eigenvalue weighted by Crippen LogP contribution is 2.33. The van der Waals surface area contributed by atoms with Crippen molar-refractivity contribution >= 4 is 28.3 Å². The summed E-state index contributed by atoms with van der Waals surface area (Å²) in [6.07, 6.45) is 1.03. The predicted octanol–water partition coefficient (Wildman–Crippen LogP) is 4.53. The van der Waals surface area contributed by atoms with E-state index in [4.69, 9.17) is 16.7 Å². The number of aromatic nitrogens is 1. The number of nitrogens with zero attached hydrogens (tertiary/aromatic N) is 1. The van der Waals surface area contributed by atoms with Crippen LogP contribution < -0.4 is 0 Å². The minimum absolute atomic E-state index is 0.000570. The van der Waals surface area contributed by atoms with Gasteiger partial charge in [-0.05, 0) is 30.3 Å². The molecule has 0 unspecified atom stereocenters. The lowest BCUT2D eigenvalue weighted by molar-refractivity contribution is 0.0697. The lowest BCUT2D eigenvalue weighted by Gasteiger charge is -2.09. The second-order valence-electron chi connectivity index (χ2n) is 4.64. The summed E-state index contributed by atoms with van der Waals surface area (Å²) in [5.41, 5.74) is 0.694. The Morgan fingerprint density at radius 2 is 1.86 bits per heavy atom. The van der Waals surface area contributed by atoms with E-state index in [1.54, 1.807) is 0 Å². The highest BCUT2D eigenvalue weighted by molar-refractivity contribution is 6.33. The van der Waals surface area contributed by atoms with E-state index in [-0.39, 0.29) is 16.0 Å². The third kappa shape index (κ3) is 2.40. The van der Waals surface area contributed by atoms with Crippen LogP contribution in [0, 0.1) is 11.6 Å². The first-order valence-electron chi connectivity index (χ1n) is 6.24. The average molecular weight is 320 g/mol. The fraction of sp³-hybridized carbons (Fsp3) is 0. The molecule has 0 bridgehead atoms. The first kappa shape index (κ1) is 14.4. The van der Waals surface area contributed by atoms with Gasteiger partial charge < -0.3 is 5.11 Å². The minimum atomic E-state index is -1.14. The maximum absolute atomic E-state index is 13.9. The molecule has 22 heavy (non-hydrogen) atoms. The molecular formula is C16H8ClF2NO2. The molecule has 0 aliphatic carbocycles. The molecule has 0 saturated carbocycles. The molecule has 0 aliphatic rings. The topological polar surface area (TPSA) is 50.2 Å². The molecule has 0 aliphatic heterocycles. The summed E-state index contributed by atoms with van der Waals surface area (Å²) >= 11 is 6.02. The van der Waals surface area contributed by atoms with Gasteiger partial charge in [0.15, 0.2) is 0 Å². The molecule has 2 aromatic carbocycles. The number of carbonyl (C=O) groups is 1. The number of rotatable bonds is 2. The molecule has 1 N–H and O–H groups in total. The summed E-state index contributed by atoms with van der Waals surface area (Å²) in [6.45, 7) is 0. The van der Waals surface area contributed by atoms with Crippen molar-refractivity contribution in [2.75, 3.05) is 0 Å². The summed E-state index contributed by atoms with van der Waals surface area (Å²) in [6, 6.07) is 7.75. The van der Waals surface area contributed by atoms with Crippen molar-refractivity contribution in [3.05, 3.63) is 64.8 Å². The lowest BCUT2D eigenvalue weighted by atomic mass is 10.0. The van der Waals surface area contributed by atoms with Gasteiger partial charge in [0.2, 0.25) is 0 Å². The van der Waals surface area contributed by atoms with E-state index in [1.165, 1.54) is 30.3 Å². The van der Waals surface area contributed by atoms with Crippen molar-refractivity contribution in [2.45, 2.75) is 0 Å². The Hall–Kier alpha value is -2.53. The van der Waals surface area contributed by atoms with Crippen molar-refractivity contribution in [2.24, 2.45) is 0 Å². The first-order valence-corrected chi connectivity index (χ1v) is 6.62. The van der Waals surface area contributed by atoms with Crippen LogP contribution in [0.2, 0.25) is 5.02 Å². The number of hydrogen-bond acceptors (Lipinski definition) is 2. The van der Waals surface area contributed by atoms with Crippen molar-refractivity contribution in [3.63, 3.8) is 0 Å². The van der Waals surface area contributed by atoms with Crippen LogP contribution in [0.3, 0.4) is 0 Å². The molecular weight excluding hydrogens is 312 g/mol. The summed E-state index contributed by atoms with van der Waals surface area (Å²) in [5, 5.41) is 9.71. The molecule has 0 fully saturated rings. The number of pyridine rings is 1. The molecule has 0 atom stereocenters. The lowest BCUT2D eigenvalue weighted by Crippen LogP contribution is -1.98. The zero-order chi connectivity index (χ0) is 15.9. The van der Waals surface area contributed by atoms with Crippen LogP contribution in [0.1, 0.15) is 10.4 Å². The van der Waals surface area contributed by atoms with Crippen molar-refractivity contribution in [1.29, 1.82) is 0 Å². The molecule has 110 valence electrons. The third-order valence-electron chi connectivity index (χ3n) is 3.27. The number of hydrogen-bond donors (Lipinski definition) is 1. The fourth-order valence-electron chi connectivity index (χ4n) is 2.24. The summed E-state index contributed by atoms with van der Waals surface area (Å²) in [5.74, 6) is -2.22. The Labute approximate surface area is 128 Å². The number of aromatic carboxylic acids is 1. The maximum atomic E-state index is 13.9. The van der Waals surface area contributed by atoms with Gasteiger partial charge in [0.05, 0.1) is 22.5 Å². The summed E-state index contributed by atoms with van der Waals surface area (Å²) in [7, 11) is 0. The first-order chi connectivity index (χ1) is 10.5. The molecule has 3 nitrogen and oxygen atoms in total. The molecule has 3 rings (SSSR count). The van der Waals surface area contributed by atoms with Gasteiger partial charge in [0.25, 0.3) is 0 Å². The van der Waals surface area contributed by atoms with Gasteiger partial charge in [-0.25, -0.2) is 13.6 Å². The van der Waals surface area contributed by atoms with E-state index in [1.807, 2.05) is 0 Å². The molecule has 6 heteroatoms. The SMILES string of the molecule is O=C(O)c1ccc2c(F)cnc(-c3ccc(F)cc3Cl)c2c1. The molecule has 0 spiro atoms. The van der Waals surface area contributed by atoms with Crippen LogP contribution in [0.25, 0.3) is 22.0 Å². The largest absolute Gasteiger partial charge is 0.478 e. The quantitative estimate of drug-likeness (QED) is 0.755. The fourth-order valence-corrected chi connectivity index (χ4v) is 2.49. The van der Waals surface area contributed by atoms with E-state index in [9.17, 15) is 13.6 Å². The maximum Gasteiger partial charge on any atom is 0.335 e.